The van der Waals surface area contributed by atoms with Crippen molar-refractivity contribution in [2.24, 2.45) is 0 Å². The SMILES string of the molecule is CCCCc1c(CCCC)[n+]2cn1Cc1cccc(c1)Cn1c[n+](c(CCCC)c1CCCC)Cc1cccc(c1)C2. The number of hydrogen-bond donors (Lipinski definition) is 0. The Kier molecular flexibility index (Phi) is 10.7. The predicted octanol–water partition coefficient (Wildman–Crippen LogP) is 7.74. The number of unbranched alkanes of at least 4 members (excludes halogenated alkanes) is 4. The Morgan fingerprint density at radius 3 is 1.33 bits per heavy atom. The first kappa shape index (κ1) is 30.3. The van der Waals surface area contributed by atoms with Gasteiger partial charge in [-0.2, -0.15) is 0 Å². The quantitative estimate of drug-likeness (QED) is 0.138. The van der Waals surface area contributed by atoms with E-state index in [0.29, 0.717) is 0 Å². The summed E-state index contributed by atoms with van der Waals surface area (Å²) < 4.78 is 10.3. The summed E-state index contributed by atoms with van der Waals surface area (Å²) in [6.45, 7) is 13.0. The van der Waals surface area contributed by atoms with Crippen LogP contribution in [0.15, 0.2) is 61.2 Å². The third-order valence-corrected chi connectivity index (χ3v) is 9.07. The van der Waals surface area contributed by atoms with Crippen LogP contribution in [0.25, 0.3) is 0 Å². The minimum Gasteiger partial charge on any atom is -0.230 e. The van der Waals surface area contributed by atoms with Gasteiger partial charge in [-0.05, 0) is 60.1 Å². The molecule has 4 heteroatoms. The van der Waals surface area contributed by atoms with E-state index >= 15 is 0 Å². The van der Waals surface area contributed by atoms with Crippen molar-refractivity contribution in [1.29, 1.82) is 0 Å². The van der Waals surface area contributed by atoms with Crippen molar-refractivity contribution in [1.82, 2.24) is 9.13 Å². The fourth-order valence-electron chi connectivity index (χ4n) is 6.79. The minimum absolute atomic E-state index is 0.940. The van der Waals surface area contributed by atoms with Gasteiger partial charge in [0.1, 0.15) is 49.0 Å². The van der Waals surface area contributed by atoms with Gasteiger partial charge in [-0.15, -0.1) is 0 Å². The van der Waals surface area contributed by atoms with Crippen LogP contribution in [0.1, 0.15) is 124 Å². The van der Waals surface area contributed by atoms with Crippen LogP contribution in [0.3, 0.4) is 0 Å². The molecule has 0 N–H and O–H groups in total. The van der Waals surface area contributed by atoms with Crippen LogP contribution in [0.4, 0.5) is 0 Å². The van der Waals surface area contributed by atoms with Crippen LogP contribution in [0, 0.1) is 0 Å². The molecule has 8 bridgehead atoms. The van der Waals surface area contributed by atoms with E-state index < -0.39 is 0 Å². The molecule has 1 aliphatic heterocycles. The monoisotopic (exact) mass is 566 g/mol. The first-order valence-electron chi connectivity index (χ1n) is 17.0. The molecular weight excluding hydrogens is 512 g/mol. The van der Waals surface area contributed by atoms with E-state index in [1.54, 1.807) is 22.8 Å². The highest BCUT2D eigenvalue weighted by Crippen LogP contribution is 2.20. The normalized spacial score (nSPS) is 13.0. The molecular formula is C38H54N4+2. The van der Waals surface area contributed by atoms with Crippen LogP contribution in [-0.2, 0) is 51.9 Å². The second kappa shape index (κ2) is 14.8. The molecule has 0 saturated heterocycles. The fourth-order valence-corrected chi connectivity index (χ4v) is 6.79. The maximum Gasteiger partial charge on any atom is 0.244 e. The topological polar surface area (TPSA) is 17.6 Å². The maximum absolute atomic E-state index is 2.58. The number of aromatic nitrogens is 4. The van der Waals surface area contributed by atoms with Gasteiger partial charge in [0.2, 0.25) is 12.7 Å². The summed E-state index contributed by atoms with van der Waals surface area (Å²) in [4.78, 5) is 0. The van der Waals surface area contributed by atoms with Gasteiger partial charge in [0.15, 0.2) is 0 Å². The average molecular weight is 567 g/mol. The molecule has 0 atom stereocenters. The highest BCUT2D eigenvalue weighted by Gasteiger charge is 2.25. The van der Waals surface area contributed by atoms with Crippen molar-refractivity contribution < 1.29 is 9.13 Å². The molecule has 2 aromatic carbocycles. The number of imidazole rings is 2. The molecule has 2 aromatic heterocycles. The fraction of sp³-hybridized carbons (Fsp3) is 0.526. The number of benzene rings is 2. The first-order chi connectivity index (χ1) is 20.6. The van der Waals surface area contributed by atoms with Crippen LogP contribution in [-0.4, -0.2) is 9.13 Å². The summed E-state index contributed by atoms with van der Waals surface area (Å²) in [6.07, 6.45) is 19.4. The zero-order chi connectivity index (χ0) is 29.3. The van der Waals surface area contributed by atoms with E-state index in [0.717, 1.165) is 51.9 Å². The van der Waals surface area contributed by atoms with Crippen LogP contribution in [0.5, 0.6) is 0 Å². The molecule has 0 aliphatic carbocycles. The van der Waals surface area contributed by atoms with Crippen LogP contribution >= 0.6 is 0 Å². The predicted molar refractivity (Wildman–Crippen MR) is 173 cm³/mol. The van der Waals surface area contributed by atoms with Crippen molar-refractivity contribution in [3.8, 4) is 0 Å². The molecule has 42 heavy (non-hydrogen) atoms. The van der Waals surface area contributed by atoms with E-state index in [-0.39, 0.29) is 0 Å². The van der Waals surface area contributed by atoms with E-state index in [1.165, 1.54) is 73.6 Å². The Labute approximate surface area is 255 Å². The zero-order valence-electron chi connectivity index (χ0n) is 26.9. The lowest BCUT2D eigenvalue weighted by atomic mass is 10.1. The third kappa shape index (κ3) is 7.25. The molecule has 0 spiro atoms. The summed E-state index contributed by atoms with van der Waals surface area (Å²) in [5.41, 5.74) is 11.8. The second-order valence-corrected chi connectivity index (χ2v) is 12.6. The molecule has 0 amide bonds. The maximum atomic E-state index is 2.58. The van der Waals surface area contributed by atoms with Gasteiger partial charge in [0.05, 0.1) is 0 Å². The van der Waals surface area contributed by atoms with Gasteiger partial charge in [0, 0.05) is 25.7 Å². The molecule has 4 nitrogen and oxygen atoms in total. The first-order valence-corrected chi connectivity index (χ1v) is 17.0. The average Bonchev–Trinajstić information content (AvgIpc) is 3.47. The van der Waals surface area contributed by atoms with Gasteiger partial charge >= 0.3 is 0 Å². The van der Waals surface area contributed by atoms with E-state index in [1.807, 2.05) is 0 Å². The molecule has 1 aliphatic rings. The Balaban J connectivity index is 1.63. The van der Waals surface area contributed by atoms with Crippen LogP contribution in [0.2, 0.25) is 0 Å². The van der Waals surface area contributed by atoms with Gasteiger partial charge < -0.3 is 0 Å². The summed E-state index contributed by atoms with van der Waals surface area (Å²) >= 11 is 0. The van der Waals surface area contributed by atoms with Gasteiger partial charge in [-0.3, -0.25) is 0 Å². The molecule has 5 rings (SSSR count). The lowest BCUT2D eigenvalue weighted by Gasteiger charge is -2.08. The summed E-state index contributed by atoms with van der Waals surface area (Å²) in [7, 11) is 0. The van der Waals surface area contributed by atoms with E-state index in [2.05, 4.69) is 107 Å². The Morgan fingerprint density at radius 2 is 0.905 bits per heavy atom. The molecule has 224 valence electrons. The minimum atomic E-state index is 0.940. The number of rotatable bonds is 12. The molecule has 0 radical (unpaired) electrons. The van der Waals surface area contributed by atoms with Crippen molar-refractivity contribution in [2.75, 3.05) is 0 Å². The molecule has 3 heterocycles. The highest BCUT2D eigenvalue weighted by atomic mass is 15.2. The van der Waals surface area contributed by atoms with Crippen molar-refractivity contribution >= 4 is 0 Å². The third-order valence-electron chi connectivity index (χ3n) is 9.07. The van der Waals surface area contributed by atoms with E-state index in [9.17, 15) is 0 Å². The Hall–Kier alpha value is -3.14. The lowest BCUT2D eigenvalue weighted by Crippen LogP contribution is -2.38. The van der Waals surface area contributed by atoms with Gasteiger partial charge in [0.25, 0.3) is 0 Å². The van der Waals surface area contributed by atoms with Crippen LogP contribution < -0.4 is 9.13 Å². The van der Waals surface area contributed by atoms with E-state index in [4.69, 9.17) is 0 Å². The Morgan fingerprint density at radius 1 is 0.524 bits per heavy atom. The molecule has 0 fully saturated rings. The number of nitrogens with zero attached hydrogens (tertiary/aromatic N) is 4. The molecule has 0 saturated carbocycles. The second-order valence-electron chi connectivity index (χ2n) is 12.6. The molecule has 4 aromatic rings. The number of hydrogen-bond acceptors (Lipinski definition) is 0. The zero-order valence-corrected chi connectivity index (χ0v) is 26.9. The van der Waals surface area contributed by atoms with Crippen molar-refractivity contribution in [2.45, 2.75) is 131 Å². The standard InChI is InChI=1S/C38H54N4/c1-5-9-19-35-36(20-10-6-2)40-26-32-16-14-18-34(24-32)28-42-30-41(37(21-11-7-3)38(42)22-12-8-4)27-33-17-13-15-31(23-33)25-39(35)29-40/h13-18,23-24,29-30H,5-12,19-22,25-28H2,1-4H3/q+2. The summed E-state index contributed by atoms with van der Waals surface area (Å²) in [6, 6.07) is 18.8. The Bertz CT molecular complexity index is 1230. The molecule has 0 unspecified atom stereocenters. The van der Waals surface area contributed by atoms with Crippen molar-refractivity contribution in [3.05, 3.63) is 106 Å². The highest BCUT2D eigenvalue weighted by molar-refractivity contribution is 5.27. The van der Waals surface area contributed by atoms with Gasteiger partial charge in [-0.25, -0.2) is 18.3 Å². The summed E-state index contributed by atoms with van der Waals surface area (Å²) in [5, 5.41) is 0. The summed E-state index contributed by atoms with van der Waals surface area (Å²) in [5.74, 6) is 0. The largest absolute Gasteiger partial charge is 0.244 e. The number of fused-ring (bicyclic) bond motifs is 8. The van der Waals surface area contributed by atoms with Gasteiger partial charge in [-0.1, -0.05) is 89.8 Å². The van der Waals surface area contributed by atoms with Crippen molar-refractivity contribution in [3.63, 3.8) is 0 Å². The lowest BCUT2D eigenvalue weighted by molar-refractivity contribution is -0.696. The smallest absolute Gasteiger partial charge is 0.230 e.